The molecule has 7 rings (SSSR count). The number of nitrogens with zero attached hydrogens (tertiary/aromatic N) is 5. The molecule has 2 aromatic heterocycles. The molecule has 0 radical (unpaired) electrons. The predicted octanol–water partition coefficient (Wildman–Crippen LogP) is 7.65. The van der Waals surface area contributed by atoms with E-state index in [-0.39, 0.29) is 31.4 Å². The summed E-state index contributed by atoms with van der Waals surface area (Å²) in [5.41, 5.74) is 2.80. The number of carbonyl (C=O) groups is 1. The van der Waals surface area contributed by atoms with E-state index >= 15 is 0 Å². The van der Waals surface area contributed by atoms with Crippen molar-refractivity contribution in [2.75, 3.05) is 39.4 Å². The summed E-state index contributed by atoms with van der Waals surface area (Å²) in [6.07, 6.45) is 1.63. The molecular formula is C42H41N6O7PS. The third kappa shape index (κ3) is 8.74. The minimum Gasteiger partial charge on any atom is -0.497 e. The minimum atomic E-state index is -2.85. The molecular weight excluding hydrogens is 764 g/mol. The number of nitrogens with one attached hydrogen (secondary N) is 1. The molecule has 13 nitrogen and oxygen atoms in total. The third-order valence-electron chi connectivity index (χ3n) is 9.62. The number of rotatable bonds is 16. The summed E-state index contributed by atoms with van der Waals surface area (Å²) in [6.45, 7) is -0.899. The minimum absolute atomic E-state index is 0.0572. The molecule has 4 atom stereocenters. The van der Waals surface area contributed by atoms with Crippen LogP contribution in [0.15, 0.2) is 122 Å². The molecule has 3 heterocycles. The second-order valence-electron chi connectivity index (χ2n) is 13.2. The monoisotopic (exact) mass is 804 g/mol. The Morgan fingerprint density at radius 2 is 1.53 bits per heavy atom. The smallest absolute Gasteiger partial charge is 0.256 e. The zero-order valence-corrected chi connectivity index (χ0v) is 33.3. The fourth-order valence-corrected chi connectivity index (χ4v) is 8.62. The molecule has 0 bridgehead atoms. The standard InChI is InChI=1S/C42H41N6O7PS/c1-50-33-19-15-31(16-20-33)42(30-13-8-5-9-14-30,32-17-21-34(51-2)22-18-32)52-26-36-35(55-56(3,57)53-24-10-23-43)25-37(54-36)48-28-46-38-39(44-27-45-40(38)48)47-41(49)29-11-6-4-7-12-29/h4-9,11-22,27-28,35-37H,10,24-26H2,1-3H3,(H,44,45,47,49)/t35-,36+,37+,56?/m0/s1. The first kappa shape index (κ1) is 39.7. The molecule has 6 aromatic rings. The van der Waals surface area contributed by atoms with Gasteiger partial charge in [0, 0.05) is 18.6 Å². The number of amides is 1. The largest absolute Gasteiger partial charge is 0.497 e. The maximum atomic E-state index is 13.0. The average molecular weight is 805 g/mol. The van der Waals surface area contributed by atoms with E-state index in [1.54, 1.807) is 56.0 Å². The molecule has 4 aromatic carbocycles. The molecule has 1 saturated heterocycles. The van der Waals surface area contributed by atoms with Crippen LogP contribution in [-0.4, -0.2) is 71.7 Å². The van der Waals surface area contributed by atoms with Gasteiger partial charge in [-0.25, -0.2) is 15.0 Å². The Labute approximate surface area is 335 Å². The number of ether oxygens (including phenoxy) is 4. The quantitative estimate of drug-likeness (QED) is 0.0581. The van der Waals surface area contributed by atoms with E-state index in [0.717, 1.165) is 16.7 Å². The first-order chi connectivity index (χ1) is 27.7. The van der Waals surface area contributed by atoms with Crippen LogP contribution in [0.3, 0.4) is 0 Å². The van der Waals surface area contributed by atoms with Crippen molar-refractivity contribution in [3.63, 3.8) is 0 Å². The summed E-state index contributed by atoms with van der Waals surface area (Å²) in [5, 5.41) is 12.0. The maximum absolute atomic E-state index is 13.0. The number of aromatic nitrogens is 4. The van der Waals surface area contributed by atoms with Crippen LogP contribution < -0.4 is 14.8 Å². The van der Waals surface area contributed by atoms with E-state index in [0.29, 0.717) is 34.6 Å². The number of benzene rings is 4. The maximum Gasteiger partial charge on any atom is 0.256 e. The Morgan fingerprint density at radius 3 is 2.14 bits per heavy atom. The van der Waals surface area contributed by atoms with Crippen LogP contribution in [0.2, 0.25) is 0 Å². The normalized spacial score (nSPS) is 17.8. The van der Waals surface area contributed by atoms with Crippen LogP contribution in [0, 0.1) is 11.3 Å². The molecule has 1 amide bonds. The number of hydrogen-bond acceptors (Lipinski definition) is 12. The number of hydrogen-bond donors (Lipinski definition) is 1. The number of methoxy groups -OCH3 is 2. The molecule has 1 unspecified atom stereocenters. The van der Waals surface area contributed by atoms with Crippen LogP contribution >= 0.6 is 6.49 Å². The van der Waals surface area contributed by atoms with Crippen molar-refractivity contribution < 1.29 is 32.8 Å². The van der Waals surface area contributed by atoms with Gasteiger partial charge in [-0.05, 0) is 64.9 Å². The summed E-state index contributed by atoms with van der Waals surface area (Å²) < 4.78 is 39.4. The van der Waals surface area contributed by atoms with Gasteiger partial charge in [0.15, 0.2) is 23.5 Å². The summed E-state index contributed by atoms with van der Waals surface area (Å²) in [7, 11) is 3.26. The van der Waals surface area contributed by atoms with Crippen molar-refractivity contribution in [3.8, 4) is 17.6 Å². The van der Waals surface area contributed by atoms with Crippen molar-refractivity contribution in [3.05, 3.63) is 144 Å². The summed E-state index contributed by atoms with van der Waals surface area (Å²) in [6, 6.07) is 36.5. The van der Waals surface area contributed by atoms with Crippen LogP contribution in [-0.2, 0) is 35.9 Å². The lowest BCUT2D eigenvalue weighted by atomic mass is 9.80. The lowest BCUT2D eigenvalue weighted by Crippen LogP contribution is -2.38. The van der Waals surface area contributed by atoms with E-state index < -0.39 is 30.5 Å². The van der Waals surface area contributed by atoms with E-state index in [1.165, 1.54) is 6.33 Å². The Balaban J connectivity index is 1.25. The van der Waals surface area contributed by atoms with Crippen molar-refractivity contribution >= 4 is 41.2 Å². The van der Waals surface area contributed by atoms with Gasteiger partial charge in [-0.3, -0.25) is 9.36 Å². The Kier molecular flexibility index (Phi) is 12.4. The van der Waals surface area contributed by atoms with Gasteiger partial charge in [-0.1, -0.05) is 72.8 Å². The van der Waals surface area contributed by atoms with Crippen molar-refractivity contribution in [2.45, 2.75) is 36.9 Å². The Hall–Kier alpha value is -5.52. The van der Waals surface area contributed by atoms with Gasteiger partial charge in [-0.2, -0.15) is 5.26 Å². The molecule has 0 spiro atoms. The lowest BCUT2D eigenvalue weighted by Gasteiger charge is -2.37. The Bertz CT molecular complexity index is 2330. The molecule has 0 aliphatic carbocycles. The van der Waals surface area contributed by atoms with Gasteiger partial charge in [0.05, 0.1) is 52.4 Å². The second kappa shape index (κ2) is 17.7. The fraction of sp³-hybridized carbons (Fsp3) is 0.262. The molecule has 292 valence electrons. The zero-order chi connectivity index (χ0) is 39.8. The highest BCUT2D eigenvalue weighted by Crippen LogP contribution is 2.50. The fourth-order valence-electron chi connectivity index (χ4n) is 6.87. The summed E-state index contributed by atoms with van der Waals surface area (Å²) >= 11 is 5.85. The third-order valence-corrected chi connectivity index (χ3v) is 11.5. The van der Waals surface area contributed by atoms with E-state index in [9.17, 15) is 4.79 Å². The van der Waals surface area contributed by atoms with Crippen LogP contribution in [0.4, 0.5) is 5.82 Å². The van der Waals surface area contributed by atoms with Crippen LogP contribution in [0.25, 0.3) is 11.2 Å². The summed E-state index contributed by atoms with van der Waals surface area (Å²) in [5.74, 6) is 1.35. The molecule has 1 fully saturated rings. The molecule has 57 heavy (non-hydrogen) atoms. The lowest BCUT2D eigenvalue weighted by molar-refractivity contribution is -0.0903. The van der Waals surface area contributed by atoms with Gasteiger partial charge < -0.3 is 33.3 Å². The van der Waals surface area contributed by atoms with Gasteiger partial charge in [0.2, 0.25) is 0 Å². The zero-order valence-electron chi connectivity index (χ0n) is 31.6. The van der Waals surface area contributed by atoms with Crippen molar-refractivity contribution in [2.24, 2.45) is 0 Å². The molecule has 1 aliphatic heterocycles. The van der Waals surface area contributed by atoms with E-state index in [2.05, 4.69) is 26.3 Å². The number of fused-ring (bicyclic) bond motifs is 1. The first-order valence-electron chi connectivity index (χ1n) is 18.2. The molecule has 15 heteroatoms. The van der Waals surface area contributed by atoms with Gasteiger partial charge >= 0.3 is 0 Å². The number of imidazole rings is 1. The van der Waals surface area contributed by atoms with E-state index in [4.69, 9.17) is 45.1 Å². The average Bonchev–Trinajstić information content (AvgIpc) is 3.86. The van der Waals surface area contributed by atoms with Crippen LogP contribution in [0.1, 0.15) is 46.1 Å². The first-order valence-corrected chi connectivity index (χ1v) is 21.3. The number of carbonyl (C=O) groups excluding carboxylic acids is 1. The van der Waals surface area contributed by atoms with Gasteiger partial charge in [-0.15, -0.1) is 0 Å². The van der Waals surface area contributed by atoms with Crippen molar-refractivity contribution in [1.82, 2.24) is 19.5 Å². The van der Waals surface area contributed by atoms with Gasteiger partial charge in [0.25, 0.3) is 5.91 Å². The second-order valence-corrected chi connectivity index (χ2v) is 17.2. The summed E-state index contributed by atoms with van der Waals surface area (Å²) in [4.78, 5) is 26.5. The highest BCUT2D eigenvalue weighted by Gasteiger charge is 2.44. The highest BCUT2D eigenvalue weighted by atomic mass is 32.5. The van der Waals surface area contributed by atoms with Crippen molar-refractivity contribution in [1.29, 1.82) is 5.26 Å². The number of anilines is 1. The highest BCUT2D eigenvalue weighted by molar-refractivity contribution is 8.09. The molecule has 0 saturated carbocycles. The van der Waals surface area contributed by atoms with E-state index in [1.807, 2.05) is 84.9 Å². The SMILES string of the molecule is COc1ccc(C(OC[C@H]2O[C@@H](n3cnc4c(NC(=O)c5ccccc5)ncnc43)C[C@@H]2OP(C)(=S)OCCC#N)(c2ccccc2)c2ccc(OC)cc2)cc1. The Morgan fingerprint density at radius 1 is 0.912 bits per heavy atom. The molecule has 1 aliphatic rings. The van der Waals surface area contributed by atoms with Crippen LogP contribution in [0.5, 0.6) is 11.5 Å². The predicted molar refractivity (Wildman–Crippen MR) is 218 cm³/mol. The van der Waals surface area contributed by atoms with Gasteiger partial charge in [0.1, 0.15) is 35.8 Å². The topological polar surface area (TPSA) is 152 Å². The number of nitriles is 1. The molecule has 1 N–H and O–H groups in total.